The van der Waals surface area contributed by atoms with Crippen LogP contribution in [0.4, 0.5) is 4.79 Å². The summed E-state index contributed by atoms with van der Waals surface area (Å²) in [7, 11) is 0. The Morgan fingerprint density at radius 3 is 2.58 bits per heavy atom. The van der Waals surface area contributed by atoms with Crippen molar-refractivity contribution >= 4 is 23.9 Å². The minimum atomic E-state index is -1.06. The second-order valence-corrected chi connectivity index (χ2v) is 11.7. The van der Waals surface area contributed by atoms with E-state index in [0.29, 0.717) is 25.9 Å². The van der Waals surface area contributed by atoms with Crippen LogP contribution >= 0.6 is 0 Å². The lowest BCUT2D eigenvalue weighted by Crippen LogP contribution is -2.55. The molecule has 0 unspecified atom stereocenters. The van der Waals surface area contributed by atoms with E-state index >= 15 is 0 Å². The number of hydrogen-bond acceptors (Lipinski definition) is 7. The van der Waals surface area contributed by atoms with Crippen LogP contribution in [0.5, 0.6) is 0 Å². The molecule has 3 N–H and O–H groups in total. The number of hydrogen-bond donors (Lipinski definition) is 2. The minimum Gasteiger partial charge on any atom is -0.464 e. The molecule has 3 heterocycles. The first-order chi connectivity index (χ1) is 19.3. The van der Waals surface area contributed by atoms with Gasteiger partial charge in [0.2, 0.25) is 11.8 Å². The van der Waals surface area contributed by atoms with Gasteiger partial charge in [0, 0.05) is 19.5 Å². The number of carbonyl (C=O) groups excluding carboxylic acids is 4. The van der Waals surface area contributed by atoms with E-state index in [4.69, 9.17) is 15.2 Å². The molecule has 0 aromatic heterocycles. The number of esters is 1. The van der Waals surface area contributed by atoms with Crippen molar-refractivity contribution in [2.24, 2.45) is 11.7 Å². The molecule has 10 nitrogen and oxygen atoms in total. The molecule has 3 fully saturated rings. The van der Waals surface area contributed by atoms with Crippen molar-refractivity contribution in [1.82, 2.24) is 15.1 Å². The average molecular weight is 555 g/mol. The van der Waals surface area contributed by atoms with Gasteiger partial charge in [-0.3, -0.25) is 9.59 Å². The van der Waals surface area contributed by atoms with Gasteiger partial charge in [-0.1, -0.05) is 56.4 Å². The molecule has 5 atom stereocenters. The third-order valence-corrected chi connectivity index (χ3v) is 8.98. The number of rotatable bonds is 3. The predicted molar refractivity (Wildman–Crippen MR) is 147 cm³/mol. The van der Waals surface area contributed by atoms with Crippen molar-refractivity contribution in [2.45, 2.75) is 101 Å². The molecule has 1 saturated carbocycles. The largest absolute Gasteiger partial charge is 0.464 e. The topological polar surface area (TPSA) is 131 Å². The number of ether oxygens (including phenoxy) is 2. The van der Waals surface area contributed by atoms with Crippen LogP contribution in [0.2, 0.25) is 0 Å². The first kappa shape index (κ1) is 28.4. The van der Waals surface area contributed by atoms with E-state index in [9.17, 15) is 19.2 Å². The van der Waals surface area contributed by atoms with E-state index in [0.717, 1.165) is 50.5 Å². The molecule has 0 radical (unpaired) electrons. The molecule has 40 heavy (non-hydrogen) atoms. The summed E-state index contributed by atoms with van der Waals surface area (Å²) >= 11 is 0. The minimum absolute atomic E-state index is 0.0176. The third-order valence-electron chi connectivity index (χ3n) is 8.98. The van der Waals surface area contributed by atoms with Gasteiger partial charge in [0.25, 0.3) is 0 Å². The van der Waals surface area contributed by atoms with Crippen molar-refractivity contribution < 1.29 is 28.7 Å². The molecule has 10 heteroatoms. The summed E-state index contributed by atoms with van der Waals surface area (Å²) in [6.07, 6.45) is 6.58. The average Bonchev–Trinajstić information content (AvgIpc) is 3.48. The third kappa shape index (κ3) is 5.96. The zero-order valence-corrected chi connectivity index (χ0v) is 23.4. The first-order valence-corrected chi connectivity index (χ1v) is 14.9. The van der Waals surface area contributed by atoms with Crippen molar-refractivity contribution in [3.8, 4) is 0 Å². The SMILES string of the molecule is CCOC(=O)[C@@]12C[C@H]1CCCCCCC[C@H](N)C(=O)N1C[C@H](OC(=O)N3CCc4ccccc4C3)C[C@H]1C(=O)N2. The lowest BCUT2D eigenvalue weighted by atomic mass is 10.0. The number of nitrogens with one attached hydrogen (secondary N) is 1. The zero-order chi connectivity index (χ0) is 28.3. The highest BCUT2D eigenvalue weighted by Gasteiger charge is 2.62. The zero-order valence-electron chi connectivity index (χ0n) is 23.4. The maximum atomic E-state index is 13.7. The van der Waals surface area contributed by atoms with Crippen LogP contribution in [0.1, 0.15) is 75.8 Å². The van der Waals surface area contributed by atoms with Crippen molar-refractivity contribution in [3.63, 3.8) is 0 Å². The quantitative estimate of drug-likeness (QED) is 0.549. The molecule has 0 spiro atoms. The van der Waals surface area contributed by atoms with Crippen molar-refractivity contribution in [3.05, 3.63) is 35.4 Å². The number of fused-ring (bicyclic) bond motifs is 3. The molecule has 3 amide bonds. The van der Waals surface area contributed by atoms with Crippen LogP contribution in [-0.4, -0.2) is 77.1 Å². The normalized spacial score (nSPS) is 31.1. The Morgan fingerprint density at radius 2 is 1.80 bits per heavy atom. The van der Waals surface area contributed by atoms with E-state index in [-0.39, 0.29) is 31.4 Å². The van der Waals surface area contributed by atoms with E-state index in [1.807, 2.05) is 18.2 Å². The fourth-order valence-corrected chi connectivity index (χ4v) is 6.56. The monoisotopic (exact) mass is 554 g/mol. The summed E-state index contributed by atoms with van der Waals surface area (Å²) in [6.45, 7) is 3.08. The smallest absolute Gasteiger partial charge is 0.410 e. The molecule has 1 aromatic carbocycles. The number of amides is 3. The highest BCUT2D eigenvalue weighted by Crippen LogP contribution is 2.48. The fraction of sp³-hybridized carbons (Fsp3) is 0.667. The number of nitrogens with zero attached hydrogens (tertiary/aromatic N) is 2. The highest BCUT2D eigenvalue weighted by atomic mass is 16.6. The second kappa shape index (κ2) is 12.2. The summed E-state index contributed by atoms with van der Waals surface area (Å²) in [5, 5.41) is 2.98. The van der Waals surface area contributed by atoms with Crippen LogP contribution < -0.4 is 11.1 Å². The van der Waals surface area contributed by atoms with E-state index in [1.165, 1.54) is 10.5 Å². The molecule has 3 aliphatic heterocycles. The Hall–Kier alpha value is -3.14. The molecular weight excluding hydrogens is 512 g/mol. The van der Waals surface area contributed by atoms with Crippen LogP contribution in [0.25, 0.3) is 0 Å². The predicted octanol–water partition coefficient (Wildman–Crippen LogP) is 2.66. The lowest BCUT2D eigenvalue weighted by molar-refractivity contribution is -0.150. The number of carbonyl (C=O) groups is 4. The maximum absolute atomic E-state index is 13.7. The summed E-state index contributed by atoms with van der Waals surface area (Å²) in [5.41, 5.74) is 7.57. The molecule has 2 saturated heterocycles. The van der Waals surface area contributed by atoms with Crippen molar-refractivity contribution in [2.75, 3.05) is 19.7 Å². The number of benzene rings is 1. The lowest BCUT2D eigenvalue weighted by Gasteiger charge is -2.29. The van der Waals surface area contributed by atoms with Crippen LogP contribution in [0.3, 0.4) is 0 Å². The van der Waals surface area contributed by atoms with Gasteiger partial charge in [-0.15, -0.1) is 0 Å². The van der Waals surface area contributed by atoms with Gasteiger partial charge >= 0.3 is 12.1 Å². The van der Waals surface area contributed by atoms with E-state index < -0.39 is 41.7 Å². The molecule has 0 bridgehead atoms. The highest BCUT2D eigenvalue weighted by molar-refractivity contribution is 5.96. The Labute approximate surface area is 235 Å². The standard InChI is InChI=1S/C30H42N4O6/c1-2-39-28(37)30-17-22(30)12-6-4-3-5-7-13-24(31)27(36)34-19-23(16-25(34)26(35)32-30)40-29(38)33-15-14-20-10-8-9-11-21(20)18-33/h8-11,22-25H,2-7,12-19,31H2,1H3,(H,32,35)/t22-,23-,24+,25+,30-/m1/s1. The Balaban J connectivity index is 1.31. The summed E-state index contributed by atoms with van der Waals surface area (Å²) < 4.78 is 11.2. The Bertz CT molecular complexity index is 1130. The number of nitrogens with two attached hydrogens (primary N) is 1. The summed E-state index contributed by atoms with van der Waals surface area (Å²) in [6, 6.07) is 6.42. The van der Waals surface area contributed by atoms with E-state index in [2.05, 4.69) is 11.4 Å². The summed E-state index contributed by atoms with van der Waals surface area (Å²) in [5.74, 6) is -1.14. The Kier molecular flexibility index (Phi) is 8.63. The first-order valence-electron chi connectivity index (χ1n) is 14.9. The van der Waals surface area contributed by atoms with Gasteiger partial charge in [0.1, 0.15) is 17.7 Å². The van der Waals surface area contributed by atoms with Gasteiger partial charge in [-0.2, -0.15) is 0 Å². The maximum Gasteiger partial charge on any atom is 0.410 e. The molecule has 5 rings (SSSR count). The van der Waals surface area contributed by atoms with Crippen LogP contribution in [-0.2, 0) is 36.8 Å². The summed E-state index contributed by atoms with van der Waals surface area (Å²) in [4.78, 5) is 56.4. The second-order valence-electron chi connectivity index (χ2n) is 11.7. The molecule has 1 aromatic rings. The van der Waals surface area contributed by atoms with Crippen LogP contribution in [0, 0.1) is 5.92 Å². The van der Waals surface area contributed by atoms with Gasteiger partial charge in [-0.05, 0) is 49.7 Å². The molecule has 4 aliphatic rings. The molecule has 218 valence electrons. The van der Waals surface area contributed by atoms with E-state index in [1.54, 1.807) is 11.8 Å². The Morgan fingerprint density at radius 1 is 1.07 bits per heavy atom. The molecule has 1 aliphatic carbocycles. The van der Waals surface area contributed by atoms with Gasteiger partial charge in [0.05, 0.1) is 19.2 Å². The van der Waals surface area contributed by atoms with Crippen LogP contribution in [0.15, 0.2) is 24.3 Å². The van der Waals surface area contributed by atoms with Gasteiger partial charge in [-0.25, -0.2) is 9.59 Å². The van der Waals surface area contributed by atoms with Crippen molar-refractivity contribution in [1.29, 1.82) is 0 Å². The van der Waals surface area contributed by atoms with Gasteiger partial charge in [0.15, 0.2) is 0 Å². The molecular formula is C30H42N4O6. The fourth-order valence-electron chi connectivity index (χ4n) is 6.56. The van der Waals surface area contributed by atoms with Gasteiger partial charge < -0.3 is 30.3 Å².